The summed E-state index contributed by atoms with van der Waals surface area (Å²) in [6.45, 7) is 3.34. The quantitative estimate of drug-likeness (QED) is 0.618. The maximum atomic E-state index is 11.9. The van der Waals surface area contributed by atoms with E-state index in [-0.39, 0.29) is 11.6 Å². The normalized spacial score (nSPS) is 14.2. The SMILES string of the molecule is O=C(NNC(=S)N1CCN(c2ccccc2)CC1)c1cnccn1. The minimum absolute atomic E-state index is 0.238. The van der Waals surface area contributed by atoms with Crippen LogP contribution in [-0.2, 0) is 0 Å². The van der Waals surface area contributed by atoms with E-state index >= 15 is 0 Å². The summed E-state index contributed by atoms with van der Waals surface area (Å²) in [5.74, 6) is -0.367. The summed E-state index contributed by atoms with van der Waals surface area (Å²) in [5, 5.41) is 0.500. The van der Waals surface area contributed by atoms with Crippen LogP contribution in [0.5, 0.6) is 0 Å². The summed E-state index contributed by atoms with van der Waals surface area (Å²) in [6.07, 6.45) is 4.38. The molecule has 7 nitrogen and oxygen atoms in total. The number of para-hydroxylation sites is 1. The fraction of sp³-hybridized carbons (Fsp3) is 0.250. The van der Waals surface area contributed by atoms with Gasteiger partial charge in [0.15, 0.2) is 5.11 Å². The molecule has 2 N–H and O–H groups in total. The van der Waals surface area contributed by atoms with Gasteiger partial charge in [-0.3, -0.25) is 20.6 Å². The first kappa shape index (κ1) is 16.1. The van der Waals surface area contributed by atoms with Crippen LogP contribution >= 0.6 is 12.2 Å². The van der Waals surface area contributed by atoms with Crippen LogP contribution in [0.1, 0.15) is 10.5 Å². The predicted molar refractivity (Wildman–Crippen MR) is 95.5 cm³/mol. The van der Waals surface area contributed by atoms with Crippen molar-refractivity contribution in [3.8, 4) is 0 Å². The molecule has 1 aromatic heterocycles. The summed E-state index contributed by atoms with van der Waals surface area (Å²) in [5.41, 5.74) is 6.78. The van der Waals surface area contributed by atoms with Crippen molar-refractivity contribution in [1.29, 1.82) is 0 Å². The third kappa shape index (κ3) is 3.96. The van der Waals surface area contributed by atoms with Gasteiger partial charge in [0.1, 0.15) is 5.69 Å². The van der Waals surface area contributed by atoms with Crippen LogP contribution in [0.2, 0.25) is 0 Å². The highest BCUT2D eigenvalue weighted by Crippen LogP contribution is 2.15. The standard InChI is InChI=1S/C16H18N6OS/c23-15(14-12-17-6-7-18-14)19-20-16(24)22-10-8-21(9-11-22)13-4-2-1-3-5-13/h1-7,12H,8-11H2,(H,19,23)(H,20,24). The monoisotopic (exact) mass is 342 g/mol. The minimum atomic E-state index is -0.367. The summed E-state index contributed by atoms with van der Waals surface area (Å²) >= 11 is 5.34. The molecule has 2 heterocycles. The Hall–Kier alpha value is -2.74. The summed E-state index contributed by atoms with van der Waals surface area (Å²) in [6, 6.07) is 10.3. The number of aromatic nitrogens is 2. The smallest absolute Gasteiger partial charge is 0.289 e. The lowest BCUT2D eigenvalue weighted by atomic mass is 10.2. The van der Waals surface area contributed by atoms with Crippen LogP contribution < -0.4 is 15.8 Å². The van der Waals surface area contributed by atoms with E-state index in [2.05, 4.69) is 37.9 Å². The third-order valence-corrected chi connectivity index (χ3v) is 4.13. The molecule has 1 aliphatic rings. The Balaban J connectivity index is 1.46. The zero-order valence-electron chi connectivity index (χ0n) is 13.1. The third-order valence-electron chi connectivity index (χ3n) is 3.77. The molecule has 2 aromatic rings. The minimum Gasteiger partial charge on any atom is -0.368 e. The maximum Gasteiger partial charge on any atom is 0.289 e. The van der Waals surface area contributed by atoms with Crippen LogP contribution in [0.4, 0.5) is 5.69 Å². The summed E-state index contributed by atoms with van der Waals surface area (Å²) in [4.78, 5) is 24.1. The second kappa shape index (κ2) is 7.69. The lowest BCUT2D eigenvalue weighted by molar-refractivity contribution is 0.0936. The summed E-state index contributed by atoms with van der Waals surface area (Å²) in [7, 11) is 0. The maximum absolute atomic E-state index is 11.9. The molecule has 8 heteroatoms. The largest absolute Gasteiger partial charge is 0.368 e. The second-order valence-electron chi connectivity index (χ2n) is 5.28. The molecule has 24 heavy (non-hydrogen) atoms. The molecule has 1 aliphatic heterocycles. The average Bonchev–Trinajstić information content (AvgIpc) is 2.67. The molecule has 1 amide bonds. The molecule has 0 bridgehead atoms. The molecule has 0 saturated carbocycles. The highest BCUT2D eigenvalue weighted by Gasteiger charge is 2.19. The van der Waals surface area contributed by atoms with Crippen molar-refractivity contribution in [2.45, 2.75) is 0 Å². The van der Waals surface area contributed by atoms with Gasteiger partial charge in [-0.1, -0.05) is 18.2 Å². The molecule has 0 unspecified atom stereocenters. The van der Waals surface area contributed by atoms with E-state index < -0.39 is 0 Å². The van der Waals surface area contributed by atoms with Crippen molar-refractivity contribution in [1.82, 2.24) is 25.7 Å². The van der Waals surface area contributed by atoms with Crippen LogP contribution in [0.3, 0.4) is 0 Å². The van der Waals surface area contributed by atoms with E-state index in [1.807, 2.05) is 23.1 Å². The number of piperazine rings is 1. The highest BCUT2D eigenvalue weighted by atomic mass is 32.1. The number of carbonyl (C=O) groups is 1. The summed E-state index contributed by atoms with van der Waals surface area (Å²) < 4.78 is 0. The number of benzene rings is 1. The highest BCUT2D eigenvalue weighted by molar-refractivity contribution is 7.80. The number of hydrazine groups is 1. The van der Waals surface area contributed by atoms with Gasteiger partial charge in [-0.15, -0.1) is 0 Å². The Bertz CT molecular complexity index is 688. The lowest BCUT2D eigenvalue weighted by Gasteiger charge is -2.37. The molecule has 0 radical (unpaired) electrons. The number of thiocarbonyl (C=S) groups is 1. The zero-order valence-corrected chi connectivity index (χ0v) is 13.9. The zero-order chi connectivity index (χ0) is 16.8. The molecule has 1 fully saturated rings. The van der Waals surface area contributed by atoms with Gasteiger partial charge in [-0.25, -0.2) is 4.98 Å². The first-order valence-corrected chi connectivity index (χ1v) is 8.06. The fourth-order valence-electron chi connectivity index (χ4n) is 2.48. The molecular weight excluding hydrogens is 324 g/mol. The Labute approximate surface area is 145 Å². The first-order valence-electron chi connectivity index (χ1n) is 7.65. The van der Waals surface area contributed by atoms with Crippen molar-refractivity contribution >= 4 is 28.9 Å². The number of nitrogens with one attached hydrogen (secondary N) is 2. The Morgan fingerprint density at radius 2 is 1.79 bits per heavy atom. The molecular formula is C16H18N6OS. The van der Waals surface area contributed by atoms with Gasteiger partial charge in [0.05, 0.1) is 6.20 Å². The molecule has 1 saturated heterocycles. The van der Waals surface area contributed by atoms with Crippen LogP contribution in [0.15, 0.2) is 48.9 Å². The molecule has 0 atom stereocenters. The molecule has 1 aromatic carbocycles. The fourth-order valence-corrected chi connectivity index (χ4v) is 2.71. The Morgan fingerprint density at radius 3 is 2.46 bits per heavy atom. The molecule has 0 aliphatic carbocycles. The molecule has 124 valence electrons. The average molecular weight is 342 g/mol. The van der Waals surface area contributed by atoms with Crippen molar-refractivity contribution in [2.24, 2.45) is 0 Å². The van der Waals surface area contributed by atoms with Gasteiger partial charge >= 0.3 is 0 Å². The predicted octanol–water partition coefficient (Wildman–Crippen LogP) is 0.818. The number of anilines is 1. The van der Waals surface area contributed by atoms with Gasteiger partial charge in [-0.05, 0) is 24.4 Å². The van der Waals surface area contributed by atoms with Gasteiger partial charge in [0.25, 0.3) is 5.91 Å². The van der Waals surface area contributed by atoms with Gasteiger partial charge in [0.2, 0.25) is 0 Å². The lowest BCUT2D eigenvalue weighted by Crippen LogP contribution is -2.55. The van der Waals surface area contributed by atoms with Crippen LogP contribution in [0.25, 0.3) is 0 Å². The van der Waals surface area contributed by atoms with E-state index in [4.69, 9.17) is 12.2 Å². The number of carbonyl (C=O) groups excluding carboxylic acids is 1. The second-order valence-corrected chi connectivity index (χ2v) is 5.67. The number of amides is 1. The van der Waals surface area contributed by atoms with Crippen molar-refractivity contribution in [3.05, 3.63) is 54.6 Å². The Morgan fingerprint density at radius 1 is 1.04 bits per heavy atom. The van der Waals surface area contributed by atoms with E-state index in [9.17, 15) is 4.79 Å². The van der Waals surface area contributed by atoms with Crippen molar-refractivity contribution < 1.29 is 4.79 Å². The van der Waals surface area contributed by atoms with Crippen molar-refractivity contribution in [2.75, 3.05) is 31.1 Å². The van der Waals surface area contributed by atoms with E-state index in [1.165, 1.54) is 24.3 Å². The van der Waals surface area contributed by atoms with Crippen LogP contribution in [0, 0.1) is 0 Å². The first-order chi connectivity index (χ1) is 11.7. The van der Waals surface area contributed by atoms with Crippen molar-refractivity contribution in [3.63, 3.8) is 0 Å². The van der Waals surface area contributed by atoms with E-state index in [0.717, 1.165) is 26.2 Å². The topological polar surface area (TPSA) is 73.4 Å². The van der Waals surface area contributed by atoms with Gasteiger partial charge in [-0.2, -0.15) is 0 Å². The van der Waals surface area contributed by atoms with Gasteiger partial charge in [0, 0.05) is 44.3 Å². The number of rotatable bonds is 2. The number of nitrogens with zero attached hydrogens (tertiary/aromatic N) is 4. The molecule has 3 rings (SSSR count). The van der Waals surface area contributed by atoms with E-state index in [1.54, 1.807) is 0 Å². The number of hydrogen-bond donors (Lipinski definition) is 2. The number of hydrogen-bond acceptors (Lipinski definition) is 5. The van der Waals surface area contributed by atoms with Crippen LogP contribution in [-0.4, -0.2) is 52.1 Å². The molecule has 0 spiro atoms. The Kier molecular flexibility index (Phi) is 5.17. The van der Waals surface area contributed by atoms with E-state index in [0.29, 0.717) is 5.11 Å². The van der Waals surface area contributed by atoms with Gasteiger partial charge < -0.3 is 9.80 Å².